The van der Waals surface area contributed by atoms with Gasteiger partial charge < -0.3 is 19.2 Å². The van der Waals surface area contributed by atoms with Gasteiger partial charge in [0.2, 0.25) is 0 Å². The maximum atomic E-state index is 12.3. The van der Waals surface area contributed by atoms with Crippen LogP contribution in [0.1, 0.15) is 23.0 Å². The van der Waals surface area contributed by atoms with Crippen molar-refractivity contribution >= 4 is 5.91 Å². The predicted octanol–water partition coefficient (Wildman–Crippen LogP) is 2.66. The summed E-state index contributed by atoms with van der Waals surface area (Å²) in [5.74, 6) is 1.78. The third kappa shape index (κ3) is 3.78. The molecule has 0 saturated heterocycles. The molecule has 0 fully saturated rings. The van der Waals surface area contributed by atoms with Gasteiger partial charge in [0, 0.05) is 18.5 Å². The number of benzene rings is 1. The van der Waals surface area contributed by atoms with Crippen molar-refractivity contribution in [3.05, 3.63) is 47.9 Å². The van der Waals surface area contributed by atoms with E-state index in [9.17, 15) is 4.79 Å². The molecule has 0 spiro atoms. The summed E-state index contributed by atoms with van der Waals surface area (Å²) in [6.45, 7) is 1.93. The molecule has 1 aromatic heterocycles. The molecule has 0 aliphatic rings. The van der Waals surface area contributed by atoms with Gasteiger partial charge in [-0.15, -0.1) is 0 Å². The fourth-order valence-electron chi connectivity index (χ4n) is 2.07. The lowest BCUT2D eigenvalue weighted by molar-refractivity contribution is 0.0936. The molecule has 0 aliphatic carbocycles. The largest absolute Gasteiger partial charge is 0.497 e. The first-order valence-electron chi connectivity index (χ1n) is 6.69. The Morgan fingerprint density at radius 2 is 2.10 bits per heavy atom. The van der Waals surface area contributed by atoms with Crippen LogP contribution in [0, 0.1) is 0 Å². The number of amides is 1. The summed E-state index contributed by atoms with van der Waals surface area (Å²) in [5.41, 5.74) is 0.476. The van der Waals surface area contributed by atoms with Gasteiger partial charge in [0.15, 0.2) is 0 Å². The van der Waals surface area contributed by atoms with Crippen LogP contribution in [0.4, 0.5) is 0 Å². The zero-order chi connectivity index (χ0) is 15.2. The minimum Gasteiger partial charge on any atom is -0.497 e. The van der Waals surface area contributed by atoms with Gasteiger partial charge in [-0.2, -0.15) is 0 Å². The molecule has 2 rings (SSSR count). The number of nitrogens with one attached hydrogen (secondary N) is 1. The van der Waals surface area contributed by atoms with Crippen LogP contribution in [-0.4, -0.2) is 26.2 Å². The summed E-state index contributed by atoms with van der Waals surface area (Å²) in [6, 6.07) is 8.77. The van der Waals surface area contributed by atoms with Crippen LogP contribution in [0.5, 0.6) is 11.5 Å². The molecular weight excluding hydrogens is 270 g/mol. The SMILES string of the molecule is COc1ccc(C(=O)NC(C)Cc2ccco2)c(OC)c1. The van der Waals surface area contributed by atoms with E-state index < -0.39 is 0 Å². The molecule has 1 heterocycles. The molecule has 1 aromatic carbocycles. The molecule has 1 unspecified atom stereocenters. The number of hydrogen-bond acceptors (Lipinski definition) is 4. The summed E-state index contributed by atoms with van der Waals surface area (Å²) in [6.07, 6.45) is 2.26. The molecule has 1 atom stereocenters. The predicted molar refractivity (Wildman–Crippen MR) is 78.9 cm³/mol. The quantitative estimate of drug-likeness (QED) is 0.888. The molecular formula is C16H19NO4. The van der Waals surface area contributed by atoms with Crippen molar-refractivity contribution in [3.63, 3.8) is 0 Å². The molecule has 0 radical (unpaired) electrons. The summed E-state index contributed by atoms with van der Waals surface area (Å²) in [7, 11) is 3.10. The molecule has 5 heteroatoms. The van der Waals surface area contributed by atoms with E-state index in [1.54, 1.807) is 31.6 Å². The number of hydrogen-bond donors (Lipinski definition) is 1. The van der Waals surface area contributed by atoms with Crippen LogP contribution in [0.2, 0.25) is 0 Å². The Morgan fingerprint density at radius 3 is 2.71 bits per heavy atom. The molecule has 21 heavy (non-hydrogen) atoms. The molecule has 5 nitrogen and oxygen atoms in total. The third-order valence-electron chi connectivity index (χ3n) is 3.12. The van der Waals surface area contributed by atoms with Crippen molar-refractivity contribution in [3.8, 4) is 11.5 Å². The van der Waals surface area contributed by atoms with E-state index >= 15 is 0 Å². The van der Waals surface area contributed by atoms with Gasteiger partial charge in [0.05, 0.1) is 26.0 Å². The zero-order valence-electron chi connectivity index (χ0n) is 12.4. The number of carbonyl (C=O) groups excluding carboxylic acids is 1. The van der Waals surface area contributed by atoms with E-state index in [4.69, 9.17) is 13.9 Å². The number of methoxy groups -OCH3 is 2. The molecule has 112 valence electrons. The van der Waals surface area contributed by atoms with Crippen molar-refractivity contribution in [1.29, 1.82) is 0 Å². The Labute approximate surface area is 123 Å². The van der Waals surface area contributed by atoms with Gasteiger partial charge in [-0.1, -0.05) is 0 Å². The molecule has 0 aliphatic heterocycles. The molecule has 2 aromatic rings. The first-order valence-corrected chi connectivity index (χ1v) is 6.69. The standard InChI is InChI=1S/C16H19NO4/c1-11(9-13-5-4-8-21-13)17-16(18)14-7-6-12(19-2)10-15(14)20-3/h4-8,10-11H,9H2,1-3H3,(H,17,18). The monoisotopic (exact) mass is 289 g/mol. The highest BCUT2D eigenvalue weighted by molar-refractivity contribution is 5.97. The van der Waals surface area contributed by atoms with Crippen molar-refractivity contribution < 1.29 is 18.7 Å². The highest BCUT2D eigenvalue weighted by Gasteiger charge is 2.16. The molecule has 1 amide bonds. The summed E-state index contributed by atoms with van der Waals surface area (Å²) < 4.78 is 15.6. The third-order valence-corrected chi connectivity index (χ3v) is 3.12. The van der Waals surface area contributed by atoms with Gasteiger partial charge in [-0.25, -0.2) is 0 Å². The Bertz CT molecular complexity index is 592. The Hall–Kier alpha value is -2.43. The van der Waals surface area contributed by atoms with Crippen LogP contribution in [0.15, 0.2) is 41.0 Å². The van der Waals surface area contributed by atoms with Crippen molar-refractivity contribution in [2.45, 2.75) is 19.4 Å². The average molecular weight is 289 g/mol. The first-order chi connectivity index (χ1) is 10.1. The number of rotatable bonds is 6. The Morgan fingerprint density at radius 1 is 1.29 bits per heavy atom. The fourth-order valence-corrected chi connectivity index (χ4v) is 2.07. The number of carbonyl (C=O) groups is 1. The minimum absolute atomic E-state index is 0.0459. The van der Waals surface area contributed by atoms with Gasteiger partial charge in [-0.3, -0.25) is 4.79 Å². The van der Waals surface area contributed by atoms with Crippen molar-refractivity contribution in [2.75, 3.05) is 14.2 Å². The maximum absolute atomic E-state index is 12.3. The Kier molecular flexibility index (Phi) is 4.87. The lowest BCUT2D eigenvalue weighted by atomic mass is 10.1. The average Bonchev–Trinajstić information content (AvgIpc) is 2.99. The van der Waals surface area contributed by atoms with Crippen LogP contribution < -0.4 is 14.8 Å². The van der Waals surface area contributed by atoms with Crippen molar-refractivity contribution in [2.24, 2.45) is 0 Å². The second kappa shape index (κ2) is 6.83. The lowest BCUT2D eigenvalue weighted by Gasteiger charge is -2.15. The number of furan rings is 1. The van der Waals surface area contributed by atoms with Gasteiger partial charge in [-0.05, 0) is 31.2 Å². The van der Waals surface area contributed by atoms with E-state index in [0.29, 0.717) is 23.5 Å². The van der Waals surface area contributed by atoms with Gasteiger partial charge in [0.25, 0.3) is 5.91 Å². The minimum atomic E-state index is -0.187. The highest BCUT2D eigenvalue weighted by atomic mass is 16.5. The summed E-state index contributed by atoms with van der Waals surface area (Å²) >= 11 is 0. The van der Waals surface area contributed by atoms with E-state index in [1.807, 2.05) is 19.1 Å². The first kappa shape index (κ1) is 15.0. The summed E-state index contributed by atoms with van der Waals surface area (Å²) in [4.78, 5) is 12.3. The highest BCUT2D eigenvalue weighted by Crippen LogP contribution is 2.24. The van der Waals surface area contributed by atoms with Crippen molar-refractivity contribution in [1.82, 2.24) is 5.32 Å². The van der Waals surface area contributed by atoms with E-state index in [0.717, 1.165) is 5.76 Å². The molecule has 0 bridgehead atoms. The molecule has 0 saturated carbocycles. The second-order valence-electron chi connectivity index (χ2n) is 4.72. The van der Waals surface area contributed by atoms with Gasteiger partial charge >= 0.3 is 0 Å². The normalized spacial score (nSPS) is 11.8. The lowest BCUT2D eigenvalue weighted by Crippen LogP contribution is -2.34. The maximum Gasteiger partial charge on any atom is 0.255 e. The smallest absolute Gasteiger partial charge is 0.255 e. The second-order valence-corrected chi connectivity index (χ2v) is 4.72. The topological polar surface area (TPSA) is 60.7 Å². The van der Waals surface area contributed by atoms with E-state index in [-0.39, 0.29) is 11.9 Å². The zero-order valence-corrected chi connectivity index (χ0v) is 12.4. The molecule has 1 N–H and O–H groups in total. The van der Waals surface area contributed by atoms with Crippen LogP contribution in [0.3, 0.4) is 0 Å². The van der Waals surface area contributed by atoms with E-state index in [2.05, 4.69) is 5.32 Å². The summed E-state index contributed by atoms with van der Waals surface area (Å²) in [5, 5.41) is 2.93. The van der Waals surface area contributed by atoms with Gasteiger partial charge in [0.1, 0.15) is 17.3 Å². The fraction of sp³-hybridized carbons (Fsp3) is 0.312. The van der Waals surface area contributed by atoms with E-state index in [1.165, 1.54) is 7.11 Å². The van der Waals surface area contributed by atoms with Crippen LogP contribution >= 0.6 is 0 Å². The van der Waals surface area contributed by atoms with Crippen LogP contribution in [-0.2, 0) is 6.42 Å². The van der Waals surface area contributed by atoms with Crippen LogP contribution in [0.25, 0.3) is 0 Å². The number of ether oxygens (including phenoxy) is 2. The Balaban J connectivity index is 2.05.